The second-order valence-electron chi connectivity index (χ2n) is 2.94. The van der Waals surface area contributed by atoms with Crippen LogP contribution in [0.4, 0.5) is 0 Å². The van der Waals surface area contributed by atoms with Crippen LogP contribution in [-0.4, -0.2) is 11.9 Å². The van der Waals surface area contributed by atoms with Gasteiger partial charge in [0.1, 0.15) is 5.75 Å². The molecule has 0 aliphatic carbocycles. The Morgan fingerprint density at radius 2 is 2.21 bits per heavy atom. The van der Waals surface area contributed by atoms with Crippen LogP contribution in [0.5, 0.6) is 5.75 Å². The molecule has 1 aromatic rings. The number of ether oxygens (including phenoxy) is 1. The van der Waals surface area contributed by atoms with Gasteiger partial charge in [-0.3, -0.25) is 0 Å². The van der Waals surface area contributed by atoms with Crippen LogP contribution >= 0.6 is 38.5 Å². The van der Waals surface area contributed by atoms with Crippen molar-refractivity contribution in [1.29, 1.82) is 0 Å². The lowest BCUT2D eigenvalue weighted by Crippen LogP contribution is -1.99. The molecule has 0 N–H and O–H groups in total. The summed E-state index contributed by atoms with van der Waals surface area (Å²) in [6.45, 7) is 2.76. The van der Waals surface area contributed by atoms with Crippen LogP contribution in [0.15, 0.2) is 18.2 Å². The van der Waals surface area contributed by atoms with Crippen molar-refractivity contribution in [3.05, 3.63) is 27.3 Å². The lowest BCUT2D eigenvalue weighted by atomic mass is 10.1. The Morgan fingerprint density at radius 3 is 2.86 bits per heavy atom. The highest BCUT2D eigenvalue weighted by Gasteiger charge is 2.06. The minimum absolute atomic E-state index is 0.738. The van der Waals surface area contributed by atoms with E-state index in [2.05, 4.69) is 50.7 Å². The van der Waals surface area contributed by atoms with E-state index in [-0.39, 0.29) is 0 Å². The predicted molar refractivity (Wildman–Crippen MR) is 72.4 cm³/mol. The smallest absolute Gasteiger partial charge is 0.123 e. The van der Waals surface area contributed by atoms with E-state index in [4.69, 9.17) is 4.74 Å². The Hall–Kier alpha value is 0.230. The number of rotatable bonds is 5. The summed E-state index contributed by atoms with van der Waals surface area (Å²) in [7, 11) is 0. The zero-order chi connectivity index (χ0) is 10.4. The zero-order valence-electron chi connectivity index (χ0n) is 8.22. The third-order valence-corrected chi connectivity index (χ3v) is 3.51. The van der Waals surface area contributed by atoms with Crippen LogP contribution in [0.2, 0.25) is 0 Å². The minimum atomic E-state index is 0.738. The molecule has 78 valence electrons. The van der Waals surface area contributed by atoms with E-state index in [1.807, 2.05) is 13.0 Å². The average Bonchev–Trinajstić information content (AvgIpc) is 2.18. The van der Waals surface area contributed by atoms with Gasteiger partial charge in [-0.1, -0.05) is 22.0 Å². The third kappa shape index (κ3) is 3.42. The maximum absolute atomic E-state index is 5.59. The molecule has 0 bridgehead atoms. The van der Waals surface area contributed by atoms with Gasteiger partial charge in [-0.25, -0.2) is 0 Å². The van der Waals surface area contributed by atoms with Gasteiger partial charge in [-0.2, -0.15) is 0 Å². The Balaban J connectivity index is 2.84. The molecule has 1 nitrogen and oxygen atoms in total. The number of halogens is 2. The molecular weight excluding hydrogens is 355 g/mol. The average molecular weight is 369 g/mol. The fraction of sp³-hybridized carbons (Fsp3) is 0.455. The van der Waals surface area contributed by atoms with Gasteiger partial charge in [0.2, 0.25) is 0 Å². The van der Waals surface area contributed by atoms with E-state index in [0.29, 0.717) is 0 Å². The van der Waals surface area contributed by atoms with Crippen molar-refractivity contribution in [1.82, 2.24) is 0 Å². The molecule has 0 saturated heterocycles. The highest BCUT2D eigenvalue weighted by Crippen LogP contribution is 2.25. The first-order valence-corrected chi connectivity index (χ1v) is 6.95. The molecule has 0 amide bonds. The third-order valence-electron chi connectivity index (χ3n) is 1.94. The Kier molecular flexibility index (Phi) is 5.86. The Bertz CT molecular complexity index is 289. The van der Waals surface area contributed by atoms with Crippen molar-refractivity contribution in [3.8, 4) is 5.75 Å². The van der Waals surface area contributed by atoms with Gasteiger partial charge in [-0.15, -0.1) is 0 Å². The fourth-order valence-corrected chi connectivity index (χ4v) is 2.34. The molecule has 0 fully saturated rings. The second kappa shape index (κ2) is 6.67. The molecule has 14 heavy (non-hydrogen) atoms. The first-order valence-electron chi connectivity index (χ1n) is 4.75. The Labute approximate surface area is 107 Å². The summed E-state index contributed by atoms with van der Waals surface area (Å²) >= 11 is 5.82. The van der Waals surface area contributed by atoms with Crippen molar-refractivity contribution in [2.45, 2.75) is 19.8 Å². The highest BCUT2D eigenvalue weighted by molar-refractivity contribution is 14.1. The van der Waals surface area contributed by atoms with E-state index >= 15 is 0 Å². The summed E-state index contributed by atoms with van der Waals surface area (Å²) < 4.78 is 6.90. The van der Waals surface area contributed by atoms with E-state index < -0.39 is 0 Å². The van der Waals surface area contributed by atoms with Crippen LogP contribution in [0.25, 0.3) is 0 Å². The van der Waals surface area contributed by atoms with Crippen LogP contribution in [0, 0.1) is 3.57 Å². The monoisotopic (exact) mass is 368 g/mol. The van der Waals surface area contributed by atoms with Crippen LogP contribution in [0.1, 0.15) is 18.9 Å². The first kappa shape index (κ1) is 12.3. The summed E-state index contributed by atoms with van der Waals surface area (Å²) in [4.78, 5) is 0. The van der Waals surface area contributed by atoms with Gasteiger partial charge in [0, 0.05) is 14.5 Å². The summed E-state index contributed by atoms with van der Waals surface area (Å²) in [5, 5.41) is 1.05. The summed E-state index contributed by atoms with van der Waals surface area (Å²) in [5.74, 6) is 1.04. The van der Waals surface area contributed by atoms with Crippen molar-refractivity contribution in [2.24, 2.45) is 0 Å². The molecule has 0 aliphatic heterocycles. The fourth-order valence-electron chi connectivity index (χ4n) is 1.32. The van der Waals surface area contributed by atoms with Crippen molar-refractivity contribution >= 4 is 38.5 Å². The van der Waals surface area contributed by atoms with Crippen LogP contribution < -0.4 is 4.74 Å². The van der Waals surface area contributed by atoms with Gasteiger partial charge in [0.15, 0.2) is 0 Å². The van der Waals surface area contributed by atoms with E-state index in [1.165, 1.54) is 9.13 Å². The predicted octanol–water partition coefficient (Wildman–Crippen LogP) is 4.02. The number of hydrogen-bond acceptors (Lipinski definition) is 1. The van der Waals surface area contributed by atoms with E-state index in [9.17, 15) is 0 Å². The lowest BCUT2D eigenvalue weighted by Gasteiger charge is -2.11. The molecule has 0 unspecified atom stereocenters. The standard InChI is InChI=1S/C11H14BrIO/c1-2-14-11-7-3-6-10(13)9(11)5-4-8-12/h3,6-7H,2,4-5,8H2,1H3. The van der Waals surface area contributed by atoms with Gasteiger partial charge >= 0.3 is 0 Å². The maximum Gasteiger partial charge on any atom is 0.123 e. The minimum Gasteiger partial charge on any atom is -0.494 e. The molecule has 1 aromatic carbocycles. The van der Waals surface area contributed by atoms with Gasteiger partial charge in [0.25, 0.3) is 0 Å². The normalized spacial score (nSPS) is 10.2. The molecular formula is C11H14BrIO. The molecule has 0 spiro atoms. The lowest BCUT2D eigenvalue weighted by molar-refractivity contribution is 0.336. The highest BCUT2D eigenvalue weighted by atomic mass is 127. The van der Waals surface area contributed by atoms with E-state index in [0.717, 1.165) is 30.5 Å². The zero-order valence-corrected chi connectivity index (χ0v) is 12.0. The summed E-state index contributed by atoms with van der Waals surface area (Å²) in [6, 6.07) is 6.23. The van der Waals surface area contributed by atoms with Crippen LogP contribution in [-0.2, 0) is 6.42 Å². The van der Waals surface area contributed by atoms with Gasteiger partial charge < -0.3 is 4.74 Å². The van der Waals surface area contributed by atoms with Crippen molar-refractivity contribution in [3.63, 3.8) is 0 Å². The topological polar surface area (TPSA) is 9.23 Å². The van der Waals surface area contributed by atoms with Crippen LogP contribution in [0.3, 0.4) is 0 Å². The molecule has 0 aliphatic rings. The Morgan fingerprint density at radius 1 is 1.43 bits per heavy atom. The van der Waals surface area contributed by atoms with Gasteiger partial charge in [-0.05, 0) is 54.5 Å². The summed E-state index contributed by atoms with van der Waals surface area (Å²) in [6.07, 6.45) is 2.24. The SMILES string of the molecule is CCOc1cccc(I)c1CCCBr. The molecule has 0 saturated carbocycles. The molecule has 1 rings (SSSR count). The number of benzene rings is 1. The number of alkyl halides is 1. The maximum atomic E-state index is 5.59. The molecule has 0 atom stereocenters. The van der Waals surface area contributed by atoms with Gasteiger partial charge in [0.05, 0.1) is 6.61 Å². The molecule has 0 heterocycles. The second-order valence-corrected chi connectivity index (χ2v) is 4.90. The first-order chi connectivity index (χ1) is 6.79. The number of hydrogen-bond donors (Lipinski definition) is 0. The largest absolute Gasteiger partial charge is 0.494 e. The summed E-state index contributed by atoms with van der Waals surface area (Å²) in [5.41, 5.74) is 1.34. The molecule has 0 radical (unpaired) electrons. The molecule has 0 aromatic heterocycles. The van der Waals surface area contributed by atoms with Crippen molar-refractivity contribution in [2.75, 3.05) is 11.9 Å². The van der Waals surface area contributed by atoms with Crippen molar-refractivity contribution < 1.29 is 4.74 Å². The quantitative estimate of drug-likeness (QED) is 0.563. The van der Waals surface area contributed by atoms with E-state index in [1.54, 1.807) is 0 Å². The molecule has 3 heteroatoms.